The molecule has 0 saturated carbocycles. The summed E-state index contributed by atoms with van der Waals surface area (Å²) in [6, 6.07) is 8.25. The van der Waals surface area contributed by atoms with E-state index in [4.69, 9.17) is 8.94 Å². The Morgan fingerprint density at radius 2 is 2.15 bits per heavy atom. The third-order valence-electron chi connectivity index (χ3n) is 3.48. The summed E-state index contributed by atoms with van der Waals surface area (Å²) in [4.78, 5) is 4.00. The van der Waals surface area contributed by atoms with Crippen LogP contribution in [0, 0.1) is 6.92 Å². The molecule has 1 N–H and O–H groups in total. The molecule has 0 saturated heterocycles. The van der Waals surface area contributed by atoms with Crippen molar-refractivity contribution in [1.29, 1.82) is 0 Å². The highest BCUT2D eigenvalue weighted by atomic mass is 16.5. The summed E-state index contributed by atoms with van der Waals surface area (Å²) in [5.74, 6) is 1.70. The quantitative estimate of drug-likeness (QED) is 0.772. The van der Waals surface area contributed by atoms with Crippen LogP contribution in [0.3, 0.4) is 0 Å². The van der Waals surface area contributed by atoms with Gasteiger partial charge in [0.05, 0.1) is 6.04 Å². The Bertz CT molecular complexity index is 688. The van der Waals surface area contributed by atoms with Crippen molar-refractivity contribution in [3.63, 3.8) is 0 Å². The van der Waals surface area contributed by atoms with Gasteiger partial charge in [0.2, 0.25) is 6.39 Å². The molecule has 0 aliphatic heterocycles. The lowest BCUT2D eigenvalue weighted by Gasteiger charge is -2.11. The normalized spacial score (nSPS) is 12.9. The number of nitrogens with zero attached hydrogens (tertiary/aromatic N) is 2. The molecule has 104 valence electrons. The van der Waals surface area contributed by atoms with E-state index >= 15 is 0 Å². The zero-order chi connectivity index (χ0) is 13.9. The summed E-state index contributed by atoms with van der Waals surface area (Å²) >= 11 is 0. The molecule has 5 nitrogen and oxygen atoms in total. The molecular formula is C15H17N3O2. The predicted octanol–water partition coefficient (Wildman–Crippen LogP) is 3.02. The van der Waals surface area contributed by atoms with Crippen LogP contribution >= 0.6 is 0 Å². The standard InChI is InChI=1S/C15H17N3O2/c1-10-12-5-3-4-6-13(12)20-15(10)11(2)16-8-7-14-17-9-19-18-14/h3-6,9,11,16H,7-8H2,1-2H3. The van der Waals surface area contributed by atoms with Crippen LogP contribution in [0.2, 0.25) is 0 Å². The Labute approximate surface area is 117 Å². The van der Waals surface area contributed by atoms with E-state index in [0.29, 0.717) is 5.82 Å². The van der Waals surface area contributed by atoms with Crippen LogP contribution in [-0.4, -0.2) is 16.7 Å². The maximum Gasteiger partial charge on any atom is 0.213 e. The number of furan rings is 1. The fourth-order valence-corrected chi connectivity index (χ4v) is 2.40. The van der Waals surface area contributed by atoms with Gasteiger partial charge in [-0.15, -0.1) is 0 Å². The first-order valence-corrected chi connectivity index (χ1v) is 6.72. The number of hydrogen-bond donors (Lipinski definition) is 1. The Balaban J connectivity index is 1.69. The van der Waals surface area contributed by atoms with Crippen molar-refractivity contribution in [3.8, 4) is 0 Å². The van der Waals surface area contributed by atoms with Gasteiger partial charge in [-0.25, -0.2) is 0 Å². The molecule has 0 fully saturated rings. The van der Waals surface area contributed by atoms with Gasteiger partial charge in [-0.2, -0.15) is 4.98 Å². The van der Waals surface area contributed by atoms with Gasteiger partial charge in [0.15, 0.2) is 5.82 Å². The number of nitrogens with one attached hydrogen (secondary N) is 1. The van der Waals surface area contributed by atoms with Crippen LogP contribution < -0.4 is 5.32 Å². The lowest BCUT2D eigenvalue weighted by molar-refractivity contribution is 0.406. The minimum Gasteiger partial charge on any atom is -0.459 e. The zero-order valence-corrected chi connectivity index (χ0v) is 11.6. The Morgan fingerprint density at radius 1 is 1.30 bits per heavy atom. The molecular weight excluding hydrogens is 254 g/mol. The summed E-state index contributed by atoms with van der Waals surface area (Å²) in [5, 5.41) is 8.39. The Kier molecular flexibility index (Phi) is 3.52. The van der Waals surface area contributed by atoms with E-state index in [-0.39, 0.29) is 6.04 Å². The minimum absolute atomic E-state index is 0.148. The number of hydrogen-bond acceptors (Lipinski definition) is 5. The lowest BCUT2D eigenvalue weighted by atomic mass is 10.1. The van der Waals surface area contributed by atoms with Gasteiger partial charge in [0.25, 0.3) is 0 Å². The van der Waals surface area contributed by atoms with Crippen molar-refractivity contribution >= 4 is 11.0 Å². The molecule has 1 aromatic carbocycles. The topological polar surface area (TPSA) is 64.1 Å². The van der Waals surface area contributed by atoms with Crippen molar-refractivity contribution in [1.82, 2.24) is 15.5 Å². The first kappa shape index (κ1) is 12.9. The molecule has 2 aromatic heterocycles. The summed E-state index contributed by atoms with van der Waals surface area (Å²) < 4.78 is 10.6. The number of benzene rings is 1. The van der Waals surface area contributed by atoms with Crippen molar-refractivity contribution in [3.05, 3.63) is 47.8 Å². The SMILES string of the molecule is Cc1c(C(C)NCCc2ncon2)oc2ccccc12. The van der Waals surface area contributed by atoms with E-state index in [1.54, 1.807) is 0 Å². The summed E-state index contributed by atoms with van der Waals surface area (Å²) in [6.45, 7) is 4.97. The van der Waals surface area contributed by atoms with Crippen LogP contribution in [0.15, 0.2) is 39.6 Å². The second-order valence-electron chi connectivity index (χ2n) is 4.86. The van der Waals surface area contributed by atoms with Gasteiger partial charge in [-0.3, -0.25) is 0 Å². The predicted molar refractivity (Wildman–Crippen MR) is 75.4 cm³/mol. The highest BCUT2D eigenvalue weighted by Gasteiger charge is 2.15. The number of fused-ring (bicyclic) bond motifs is 1. The van der Waals surface area contributed by atoms with Gasteiger partial charge < -0.3 is 14.3 Å². The molecule has 1 atom stereocenters. The van der Waals surface area contributed by atoms with Gasteiger partial charge in [-0.1, -0.05) is 23.4 Å². The summed E-state index contributed by atoms with van der Waals surface area (Å²) in [5.41, 5.74) is 2.13. The van der Waals surface area contributed by atoms with Crippen molar-refractivity contribution in [2.75, 3.05) is 6.54 Å². The largest absolute Gasteiger partial charge is 0.459 e. The Hall–Kier alpha value is -2.14. The maximum atomic E-state index is 5.94. The fraction of sp³-hybridized carbons (Fsp3) is 0.333. The van der Waals surface area contributed by atoms with Gasteiger partial charge in [0.1, 0.15) is 11.3 Å². The first-order valence-electron chi connectivity index (χ1n) is 6.72. The van der Waals surface area contributed by atoms with Crippen molar-refractivity contribution in [2.24, 2.45) is 0 Å². The molecule has 0 aliphatic rings. The molecule has 0 spiro atoms. The second kappa shape index (κ2) is 5.46. The van der Waals surface area contributed by atoms with E-state index in [0.717, 1.165) is 24.3 Å². The van der Waals surface area contributed by atoms with E-state index in [2.05, 4.69) is 35.4 Å². The summed E-state index contributed by atoms with van der Waals surface area (Å²) in [6.07, 6.45) is 2.09. The molecule has 0 aliphatic carbocycles. The third-order valence-corrected chi connectivity index (χ3v) is 3.48. The van der Waals surface area contributed by atoms with Crippen LogP contribution in [0.1, 0.15) is 30.1 Å². The molecule has 1 unspecified atom stereocenters. The molecule has 20 heavy (non-hydrogen) atoms. The van der Waals surface area contributed by atoms with Crippen LogP contribution in [0.5, 0.6) is 0 Å². The molecule has 2 heterocycles. The van der Waals surface area contributed by atoms with E-state index in [9.17, 15) is 0 Å². The van der Waals surface area contributed by atoms with E-state index in [1.165, 1.54) is 17.3 Å². The summed E-state index contributed by atoms with van der Waals surface area (Å²) in [7, 11) is 0. The molecule has 3 aromatic rings. The molecule has 0 radical (unpaired) electrons. The highest BCUT2D eigenvalue weighted by molar-refractivity contribution is 5.82. The monoisotopic (exact) mass is 271 g/mol. The number of aryl methyl sites for hydroxylation is 1. The molecule has 5 heteroatoms. The minimum atomic E-state index is 0.148. The lowest BCUT2D eigenvalue weighted by Crippen LogP contribution is -2.21. The van der Waals surface area contributed by atoms with Crippen LogP contribution in [-0.2, 0) is 6.42 Å². The molecule has 0 bridgehead atoms. The third kappa shape index (κ3) is 2.44. The maximum absolute atomic E-state index is 5.94. The van der Waals surface area contributed by atoms with Crippen molar-refractivity contribution in [2.45, 2.75) is 26.3 Å². The van der Waals surface area contributed by atoms with Gasteiger partial charge >= 0.3 is 0 Å². The number of rotatable bonds is 5. The smallest absolute Gasteiger partial charge is 0.213 e. The number of aromatic nitrogens is 2. The first-order chi connectivity index (χ1) is 9.75. The van der Waals surface area contributed by atoms with Crippen molar-refractivity contribution < 1.29 is 8.94 Å². The van der Waals surface area contributed by atoms with E-state index < -0.39 is 0 Å². The molecule has 3 rings (SSSR count). The highest BCUT2D eigenvalue weighted by Crippen LogP contribution is 2.28. The average Bonchev–Trinajstić information content (AvgIpc) is 3.08. The van der Waals surface area contributed by atoms with E-state index in [1.807, 2.05) is 18.2 Å². The van der Waals surface area contributed by atoms with Gasteiger partial charge in [0, 0.05) is 18.4 Å². The van der Waals surface area contributed by atoms with Crippen LogP contribution in [0.25, 0.3) is 11.0 Å². The fourth-order valence-electron chi connectivity index (χ4n) is 2.40. The number of para-hydroxylation sites is 1. The zero-order valence-electron chi connectivity index (χ0n) is 11.6. The van der Waals surface area contributed by atoms with Gasteiger partial charge in [-0.05, 0) is 25.5 Å². The second-order valence-corrected chi connectivity index (χ2v) is 4.86. The average molecular weight is 271 g/mol. The van der Waals surface area contributed by atoms with Crippen LogP contribution in [0.4, 0.5) is 0 Å². The Morgan fingerprint density at radius 3 is 2.90 bits per heavy atom. The molecule has 0 amide bonds.